The normalized spacial score (nSPS) is 19.3. The molecule has 2 aromatic carbocycles. The molecule has 1 amide bonds. The van der Waals surface area contributed by atoms with Gasteiger partial charge in [0.15, 0.2) is 0 Å². The second-order valence-corrected chi connectivity index (χ2v) is 6.51. The molecular weight excluding hydrogens is 314 g/mol. The van der Waals surface area contributed by atoms with Crippen molar-refractivity contribution in [3.05, 3.63) is 77.9 Å². The van der Waals surface area contributed by atoms with Crippen molar-refractivity contribution in [2.24, 2.45) is 0 Å². The Hall–Kier alpha value is -2.59. The van der Waals surface area contributed by atoms with Gasteiger partial charge in [-0.25, -0.2) is 4.79 Å². The lowest BCUT2D eigenvalue weighted by Gasteiger charge is -2.31. The van der Waals surface area contributed by atoms with Crippen LogP contribution in [0.3, 0.4) is 0 Å². The van der Waals surface area contributed by atoms with E-state index in [4.69, 9.17) is 9.47 Å². The van der Waals surface area contributed by atoms with Gasteiger partial charge in [-0.15, -0.1) is 0 Å². The minimum absolute atomic E-state index is 0.154. The lowest BCUT2D eigenvalue weighted by atomic mass is 10.1. The van der Waals surface area contributed by atoms with Crippen LogP contribution in [0.2, 0.25) is 0 Å². The van der Waals surface area contributed by atoms with Crippen molar-refractivity contribution in [2.45, 2.75) is 32.2 Å². The van der Waals surface area contributed by atoms with Gasteiger partial charge >= 0.3 is 6.09 Å². The molecule has 0 aliphatic carbocycles. The van der Waals surface area contributed by atoms with E-state index < -0.39 is 5.72 Å². The molecule has 4 nitrogen and oxygen atoms in total. The Morgan fingerprint density at radius 3 is 2.48 bits per heavy atom. The maximum atomic E-state index is 12.6. The molecule has 0 saturated carbocycles. The smallest absolute Gasteiger partial charge is 0.412 e. The summed E-state index contributed by atoms with van der Waals surface area (Å²) in [4.78, 5) is 14.3. The fourth-order valence-corrected chi connectivity index (χ4v) is 2.90. The summed E-state index contributed by atoms with van der Waals surface area (Å²) in [6.45, 7) is 4.47. The number of amides is 1. The number of hydrogen-bond acceptors (Lipinski definition) is 3. The molecule has 0 radical (unpaired) electrons. The van der Waals surface area contributed by atoms with E-state index in [0.29, 0.717) is 6.61 Å². The van der Waals surface area contributed by atoms with Crippen LogP contribution in [0.15, 0.2) is 66.7 Å². The number of carbonyl (C=O) groups is 1. The van der Waals surface area contributed by atoms with Gasteiger partial charge in [-0.1, -0.05) is 72.8 Å². The molecule has 0 aromatic heterocycles. The molecular formula is C21H23NO3. The maximum absolute atomic E-state index is 12.6. The van der Waals surface area contributed by atoms with Crippen LogP contribution in [-0.2, 0) is 16.1 Å². The van der Waals surface area contributed by atoms with Crippen LogP contribution >= 0.6 is 0 Å². The standard InChI is InChI=1S/C21H23NO3/c1-21(2)22(20(23)24-15-18-11-7-4-8-12-18)19(16-25-21)14-13-17-9-5-3-6-10-17/h3-14,19H,15-16H2,1-2H3/b14-13+/t19-/m1/s1. The zero-order chi connectivity index (χ0) is 17.7. The second-order valence-electron chi connectivity index (χ2n) is 6.51. The van der Waals surface area contributed by atoms with Crippen molar-refractivity contribution in [3.8, 4) is 0 Å². The monoisotopic (exact) mass is 337 g/mol. The molecule has 4 heteroatoms. The average Bonchev–Trinajstić information content (AvgIpc) is 2.94. The van der Waals surface area contributed by atoms with Gasteiger partial charge < -0.3 is 9.47 Å². The molecule has 130 valence electrons. The number of nitrogens with zero attached hydrogens (tertiary/aromatic N) is 1. The van der Waals surface area contributed by atoms with Crippen LogP contribution in [0.25, 0.3) is 6.08 Å². The predicted molar refractivity (Wildman–Crippen MR) is 97.8 cm³/mol. The first-order valence-electron chi connectivity index (χ1n) is 8.43. The number of ether oxygens (including phenoxy) is 2. The quantitative estimate of drug-likeness (QED) is 0.826. The van der Waals surface area contributed by atoms with Gasteiger partial charge in [-0.2, -0.15) is 0 Å². The molecule has 0 bridgehead atoms. The number of benzene rings is 2. The third-order valence-electron chi connectivity index (χ3n) is 4.23. The van der Waals surface area contributed by atoms with Gasteiger partial charge in [0.25, 0.3) is 0 Å². The summed E-state index contributed by atoms with van der Waals surface area (Å²) in [6.07, 6.45) is 3.63. The highest BCUT2D eigenvalue weighted by Gasteiger charge is 2.43. The van der Waals surface area contributed by atoms with Gasteiger partial charge in [0.1, 0.15) is 12.3 Å². The molecule has 1 heterocycles. The first-order chi connectivity index (χ1) is 12.1. The molecule has 0 spiro atoms. The third kappa shape index (κ3) is 4.28. The van der Waals surface area contributed by atoms with Crippen LogP contribution in [0.4, 0.5) is 4.79 Å². The van der Waals surface area contributed by atoms with Gasteiger partial charge in [-0.05, 0) is 25.0 Å². The highest BCUT2D eigenvalue weighted by atomic mass is 16.6. The number of carbonyl (C=O) groups excluding carboxylic acids is 1. The Bertz CT molecular complexity index is 725. The van der Waals surface area contributed by atoms with Gasteiger partial charge in [0, 0.05) is 0 Å². The highest BCUT2D eigenvalue weighted by molar-refractivity contribution is 5.70. The summed E-state index contributed by atoms with van der Waals surface area (Å²) in [6, 6.07) is 19.5. The van der Waals surface area contributed by atoms with E-state index >= 15 is 0 Å². The molecule has 0 N–H and O–H groups in total. The third-order valence-corrected chi connectivity index (χ3v) is 4.23. The van der Waals surface area contributed by atoms with Crippen LogP contribution in [0.5, 0.6) is 0 Å². The summed E-state index contributed by atoms with van der Waals surface area (Å²) in [7, 11) is 0. The lowest BCUT2D eigenvalue weighted by molar-refractivity contribution is -0.0479. The van der Waals surface area contributed by atoms with E-state index in [1.807, 2.05) is 86.7 Å². The summed E-state index contributed by atoms with van der Waals surface area (Å²) >= 11 is 0. The van der Waals surface area contributed by atoms with Crippen LogP contribution in [0, 0.1) is 0 Å². The largest absolute Gasteiger partial charge is 0.444 e. The Kier molecular flexibility index (Phi) is 5.19. The minimum Gasteiger partial charge on any atom is -0.444 e. The minimum atomic E-state index is -0.695. The Balaban J connectivity index is 1.69. The lowest BCUT2D eigenvalue weighted by Crippen LogP contribution is -2.47. The molecule has 1 saturated heterocycles. The van der Waals surface area contributed by atoms with Gasteiger partial charge in [0.2, 0.25) is 0 Å². The molecule has 1 aliphatic rings. The van der Waals surface area contributed by atoms with E-state index in [1.54, 1.807) is 4.90 Å². The summed E-state index contributed by atoms with van der Waals surface area (Å²) in [5.74, 6) is 0. The zero-order valence-corrected chi connectivity index (χ0v) is 14.6. The fourth-order valence-electron chi connectivity index (χ4n) is 2.90. The predicted octanol–water partition coefficient (Wildman–Crippen LogP) is 4.47. The Labute approximate surface area is 148 Å². The maximum Gasteiger partial charge on any atom is 0.412 e. The number of rotatable bonds is 4. The second kappa shape index (κ2) is 7.53. The first kappa shape index (κ1) is 17.2. The first-order valence-corrected chi connectivity index (χ1v) is 8.43. The summed E-state index contributed by atoms with van der Waals surface area (Å²) in [5, 5.41) is 0. The SMILES string of the molecule is CC1(C)OC[C@@H](/C=C/c2ccccc2)N1C(=O)OCc1ccccc1. The molecule has 2 aromatic rings. The van der Waals surface area contributed by atoms with Crippen LogP contribution in [0.1, 0.15) is 25.0 Å². The molecule has 1 aliphatic heterocycles. The van der Waals surface area contributed by atoms with E-state index in [1.165, 1.54) is 0 Å². The average molecular weight is 337 g/mol. The van der Waals surface area contributed by atoms with Crippen molar-refractivity contribution in [2.75, 3.05) is 6.61 Å². The van der Waals surface area contributed by atoms with Crippen molar-refractivity contribution in [3.63, 3.8) is 0 Å². The van der Waals surface area contributed by atoms with E-state index in [-0.39, 0.29) is 18.7 Å². The fraction of sp³-hybridized carbons (Fsp3) is 0.286. The van der Waals surface area contributed by atoms with Crippen molar-refractivity contribution < 1.29 is 14.3 Å². The van der Waals surface area contributed by atoms with Crippen LogP contribution < -0.4 is 0 Å². The van der Waals surface area contributed by atoms with Crippen molar-refractivity contribution in [1.29, 1.82) is 0 Å². The van der Waals surface area contributed by atoms with E-state index in [2.05, 4.69) is 0 Å². The van der Waals surface area contributed by atoms with Crippen molar-refractivity contribution in [1.82, 2.24) is 4.90 Å². The Morgan fingerprint density at radius 1 is 1.16 bits per heavy atom. The molecule has 0 unspecified atom stereocenters. The molecule has 1 fully saturated rings. The van der Waals surface area contributed by atoms with Gasteiger partial charge in [-0.3, -0.25) is 4.90 Å². The summed E-state index contributed by atoms with van der Waals surface area (Å²) < 4.78 is 11.3. The van der Waals surface area contributed by atoms with Gasteiger partial charge in [0.05, 0.1) is 12.6 Å². The molecule has 25 heavy (non-hydrogen) atoms. The summed E-state index contributed by atoms with van der Waals surface area (Å²) in [5.41, 5.74) is 1.36. The molecule has 1 atom stereocenters. The topological polar surface area (TPSA) is 38.8 Å². The number of hydrogen-bond donors (Lipinski definition) is 0. The van der Waals surface area contributed by atoms with Crippen LogP contribution in [-0.4, -0.2) is 29.4 Å². The molecule has 3 rings (SSSR count). The zero-order valence-electron chi connectivity index (χ0n) is 14.6. The van der Waals surface area contributed by atoms with Crippen molar-refractivity contribution >= 4 is 12.2 Å². The van der Waals surface area contributed by atoms with E-state index in [0.717, 1.165) is 11.1 Å². The highest BCUT2D eigenvalue weighted by Crippen LogP contribution is 2.29. The Morgan fingerprint density at radius 2 is 1.80 bits per heavy atom. The van der Waals surface area contributed by atoms with E-state index in [9.17, 15) is 4.79 Å².